The molecule has 5 nitrogen and oxygen atoms in total. The molecule has 0 bridgehead atoms. The minimum atomic E-state index is -0.380. The van der Waals surface area contributed by atoms with Crippen molar-refractivity contribution in [2.24, 2.45) is 0 Å². The van der Waals surface area contributed by atoms with Crippen molar-refractivity contribution in [3.63, 3.8) is 0 Å². The fourth-order valence-electron chi connectivity index (χ4n) is 2.54. The first-order valence-corrected chi connectivity index (χ1v) is 9.73. The second-order valence-electron chi connectivity index (χ2n) is 5.51. The molecule has 2 aromatic rings. The molecule has 0 N–H and O–H groups in total. The molecular formula is C17H17FN2O3S2. The number of nitrogens with zero attached hydrogens (tertiary/aromatic N) is 2. The Morgan fingerprint density at radius 1 is 1.44 bits per heavy atom. The number of fused-ring (bicyclic) bond motifs is 1. The van der Waals surface area contributed by atoms with Gasteiger partial charge >= 0.3 is 5.97 Å². The maximum Gasteiger partial charge on any atom is 0.316 e. The molecule has 1 aromatic heterocycles. The van der Waals surface area contributed by atoms with E-state index in [1.807, 2.05) is 6.92 Å². The Morgan fingerprint density at radius 2 is 2.16 bits per heavy atom. The van der Waals surface area contributed by atoms with Crippen molar-refractivity contribution in [1.82, 2.24) is 9.55 Å². The van der Waals surface area contributed by atoms with Gasteiger partial charge in [-0.2, -0.15) is 0 Å². The molecule has 1 aliphatic heterocycles. The van der Waals surface area contributed by atoms with Gasteiger partial charge in [0.2, 0.25) is 0 Å². The third kappa shape index (κ3) is 3.90. The normalized spacial score (nSPS) is 15.9. The molecule has 0 aliphatic carbocycles. The van der Waals surface area contributed by atoms with Crippen molar-refractivity contribution in [1.29, 1.82) is 0 Å². The van der Waals surface area contributed by atoms with Gasteiger partial charge < -0.3 is 4.74 Å². The van der Waals surface area contributed by atoms with Crippen LogP contribution in [0.2, 0.25) is 0 Å². The number of hydrogen-bond acceptors (Lipinski definition) is 6. The van der Waals surface area contributed by atoms with E-state index in [4.69, 9.17) is 4.74 Å². The van der Waals surface area contributed by atoms with Gasteiger partial charge in [0.1, 0.15) is 5.82 Å². The predicted molar refractivity (Wildman–Crippen MR) is 96.2 cm³/mol. The SMILES string of the molecule is CCOC(=O)CSc1nc2c(c(=O)n1-c1ccc(F)cc1)S[C@H](C)C2. The topological polar surface area (TPSA) is 61.2 Å². The summed E-state index contributed by atoms with van der Waals surface area (Å²) >= 11 is 2.65. The van der Waals surface area contributed by atoms with Crippen molar-refractivity contribution in [2.75, 3.05) is 12.4 Å². The van der Waals surface area contributed by atoms with Crippen molar-refractivity contribution in [3.8, 4) is 5.69 Å². The number of thioether (sulfide) groups is 2. The predicted octanol–water partition coefficient (Wildman–Crippen LogP) is 3.06. The number of carbonyl (C=O) groups is 1. The Labute approximate surface area is 153 Å². The highest BCUT2D eigenvalue weighted by Gasteiger charge is 2.27. The number of rotatable bonds is 5. The maximum absolute atomic E-state index is 13.2. The summed E-state index contributed by atoms with van der Waals surface area (Å²) in [6.07, 6.45) is 0.715. The summed E-state index contributed by atoms with van der Waals surface area (Å²) in [5.41, 5.74) is 1.10. The Balaban J connectivity index is 2.04. The summed E-state index contributed by atoms with van der Waals surface area (Å²) in [4.78, 5) is 29.9. The zero-order valence-corrected chi connectivity index (χ0v) is 15.5. The molecule has 0 unspecified atom stereocenters. The maximum atomic E-state index is 13.2. The zero-order chi connectivity index (χ0) is 18.0. The van der Waals surface area contributed by atoms with E-state index < -0.39 is 0 Å². The molecular weight excluding hydrogens is 363 g/mol. The van der Waals surface area contributed by atoms with Crippen LogP contribution in [-0.4, -0.2) is 33.1 Å². The van der Waals surface area contributed by atoms with Gasteiger partial charge in [0.15, 0.2) is 5.16 Å². The average molecular weight is 380 g/mol. The van der Waals surface area contributed by atoms with Crippen molar-refractivity contribution in [3.05, 3.63) is 46.1 Å². The summed E-state index contributed by atoms with van der Waals surface area (Å²) in [7, 11) is 0. The lowest BCUT2D eigenvalue weighted by molar-refractivity contribution is -0.139. The van der Waals surface area contributed by atoms with Gasteiger partial charge in [-0.15, -0.1) is 11.8 Å². The van der Waals surface area contributed by atoms with Crippen LogP contribution in [0.25, 0.3) is 5.69 Å². The Morgan fingerprint density at radius 3 is 2.84 bits per heavy atom. The molecule has 1 aliphatic rings. The highest BCUT2D eigenvalue weighted by molar-refractivity contribution is 8.00. The molecule has 0 saturated heterocycles. The van der Waals surface area contributed by atoms with E-state index in [-0.39, 0.29) is 28.3 Å². The van der Waals surface area contributed by atoms with E-state index in [9.17, 15) is 14.0 Å². The quantitative estimate of drug-likeness (QED) is 0.451. The first-order chi connectivity index (χ1) is 12.0. The van der Waals surface area contributed by atoms with Crippen LogP contribution in [-0.2, 0) is 16.0 Å². The largest absolute Gasteiger partial charge is 0.465 e. The molecule has 2 heterocycles. The zero-order valence-electron chi connectivity index (χ0n) is 13.8. The number of esters is 1. The van der Waals surface area contributed by atoms with Crippen LogP contribution in [0.15, 0.2) is 39.1 Å². The molecule has 0 radical (unpaired) electrons. The van der Waals surface area contributed by atoms with Crippen LogP contribution in [0.4, 0.5) is 4.39 Å². The van der Waals surface area contributed by atoms with Crippen LogP contribution in [0.1, 0.15) is 19.5 Å². The Bertz CT molecular complexity index is 852. The van der Waals surface area contributed by atoms with Crippen LogP contribution in [0.3, 0.4) is 0 Å². The van der Waals surface area contributed by atoms with Crippen molar-refractivity contribution < 1.29 is 13.9 Å². The van der Waals surface area contributed by atoms with Gasteiger partial charge in [-0.1, -0.05) is 18.7 Å². The molecule has 132 valence electrons. The standard InChI is InChI=1S/C17H17FN2O3S2/c1-3-23-14(21)9-24-17-19-13-8-10(2)25-15(13)16(22)20(17)12-6-4-11(18)5-7-12/h4-7,10H,3,8-9H2,1-2H3/t10-/m1/s1. The third-order valence-electron chi connectivity index (χ3n) is 3.59. The van der Waals surface area contributed by atoms with Crippen molar-refractivity contribution >= 4 is 29.5 Å². The lowest BCUT2D eigenvalue weighted by atomic mass is 10.2. The smallest absolute Gasteiger partial charge is 0.316 e. The van der Waals surface area contributed by atoms with Crippen LogP contribution in [0.5, 0.6) is 0 Å². The molecule has 3 rings (SSSR count). The number of carbonyl (C=O) groups excluding carboxylic acids is 1. The molecule has 1 aromatic carbocycles. The van der Waals surface area contributed by atoms with E-state index >= 15 is 0 Å². The number of benzene rings is 1. The monoisotopic (exact) mass is 380 g/mol. The van der Waals surface area contributed by atoms with E-state index in [1.165, 1.54) is 40.6 Å². The second kappa shape index (κ2) is 7.61. The Hall–Kier alpha value is -1.80. The molecule has 0 saturated carbocycles. The Kier molecular flexibility index (Phi) is 5.48. The molecule has 0 spiro atoms. The highest BCUT2D eigenvalue weighted by atomic mass is 32.2. The van der Waals surface area contributed by atoms with Gasteiger partial charge in [-0.3, -0.25) is 14.2 Å². The van der Waals surface area contributed by atoms with Crippen molar-refractivity contribution in [2.45, 2.75) is 35.6 Å². The molecule has 0 amide bonds. The summed E-state index contributed by atoms with van der Waals surface area (Å²) in [6, 6.07) is 5.65. The third-order valence-corrected chi connectivity index (χ3v) is 5.72. The molecule has 25 heavy (non-hydrogen) atoms. The van der Waals surface area contributed by atoms with Gasteiger partial charge in [0.05, 0.1) is 28.6 Å². The minimum Gasteiger partial charge on any atom is -0.465 e. The summed E-state index contributed by atoms with van der Waals surface area (Å²) in [5, 5.41) is 0.695. The highest BCUT2D eigenvalue weighted by Crippen LogP contribution is 2.34. The van der Waals surface area contributed by atoms with Crippen LogP contribution < -0.4 is 5.56 Å². The van der Waals surface area contributed by atoms with Crippen LogP contribution in [0, 0.1) is 5.82 Å². The van der Waals surface area contributed by atoms with Gasteiger partial charge in [-0.05, 0) is 31.2 Å². The number of halogens is 1. The van der Waals surface area contributed by atoms with Gasteiger partial charge in [0.25, 0.3) is 5.56 Å². The minimum absolute atomic E-state index is 0.0585. The van der Waals surface area contributed by atoms with Crippen LogP contribution >= 0.6 is 23.5 Å². The molecule has 0 fully saturated rings. The number of hydrogen-bond donors (Lipinski definition) is 0. The number of aromatic nitrogens is 2. The van der Waals surface area contributed by atoms with E-state index in [0.717, 1.165) is 17.5 Å². The molecule has 8 heteroatoms. The van der Waals surface area contributed by atoms with Gasteiger partial charge in [0, 0.05) is 11.7 Å². The summed E-state index contributed by atoms with van der Waals surface area (Å²) in [5.74, 6) is -0.687. The fourth-order valence-corrected chi connectivity index (χ4v) is 4.46. The lowest BCUT2D eigenvalue weighted by Gasteiger charge is -2.13. The lowest BCUT2D eigenvalue weighted by Crippen LogP contribution is -2.24. The van der Waals surface area contributed by atoms with E-state index in [2.05, 4.69) is 4.98 Å². The first-order valence-electron chi connectivity index (χ1n) is 7.86. The molecule has 1 atom stereocenters. The number of ether oxygens (including phenoxy) is 1. The summed E-state index contributed by atoms with van der Waals surface area (Å²) < 4.78 is 19.6. The van der Waals surface area contributed by atoms with E-state index in [0.29, 0.717) is 28.8 Å². The average Bonchev–Trinajstić information content (AvgIpc) is 2.95. The van der Waals surface area contributed by atoms with Gasteiger partial charge in [-0.25, -0.2) is 9.37 Å². The first kappa shape index (κ1) is 18.0. The summed E-state index contributed by atoms with van der Waals surface area (Å²) in [6.45, 7) is 4.08. The second-order valence-corrected chi connectivity index (χ2v) is 7.90. The van der Waals surface area contributed by atoms with E-state index in [1.54, 1.807) is 6.92 Å². The fraction of sp³-hybridized carbons (Fsp3) is 0.353.